The number of halogens is 1. The van der Waals surface area contributed by atoms with Gasteiger partial charge in [-0.05, 0) is 27.6 Å². The van der Waals surface area contributed by atoms with E-state index < -0.39 is 0 Å². The Morgan fingerprint density at radius 1 is 1.45 bits per heavy atom. The Morgan fingerprint density at radius 3 is 2.82 bits per heavy atom. The first-order chi connectivity index (χ1) is 5.25. The maximum absolute atomic E-state index is 9.17. The van der Waals surface area contributed by atoms with Crippen LogP contribution in [0.15, 0.2) is 22.7 Å². The van der Waals surface area contributed by atoms with Gasteiger partial charge in [-0.15, -0.1) is 0 Å². The number of benzene rings is 1. The Hall–Kier alpha value is -0.580. The summed E-state index contributed by atoms with van der Waals surface area (Å²) in [7, 11) is 0. The molecule has 0 aliphatic carbocycles. The minimum Gasteiger partial charge on any atom is -0.507 e. The highest BCUT2D eigenvalue weighted by atomic mass is 79.9. The molecule has 0 saturated heterocycles. The van der Waals surface area contributed by atoms with Crippen LogP contribution >= 0.6 is 15.9 Å². The van der Waals surface area contributed by atoms with Crippen molar-refractivity contribution in [2.24, 2.45) is 0 Å². The average molecular weight is 218 g/mol. The molecule has 0 amide bonds. The van der Waals surface area contributed by atoms with Gasteiger partial charge in [0.2, 0.25) is 0 Å². The molecule has 0 saturated carbocycles. The molecule has 0 aliphatic heterocycles. The molecule has 11 heavy (non-hydrogen) atoms. The average Bonchev–Trinajstić information content (AvgIpc) is 1.99. The van der Waals surface area contributed by atoms with Crippen molar-refractivity contribution >= 4 is 15.9 Å². The summed E-state index contributed by atoms with van der Waals surface area (Å²) in [5.74, 6) is 0.178. The summed E-state index contributed by atoms with van der Waals surface area (Å²) in [5.41, 5.74) is 2.82. The molecule has 0 spiro atoms. The van der Waals surface area contributed by atoms with Gasteiger partial charge in [-0.1, -0.05) is 12.1 Å². The molecule has 60 valence electrons. The fraction of sp³-hybridized carbons (Fsp3) is 0.143. The van der Waals surface area contributed by atoms with E-state index in [4.69, 9.17) is 5.21 Å². The lowest BCUT2D eigenvalue weighted by Gasteiger charge is -2.03. The third kappa shape index (κ3) is 1.92. The molecule has 1 aromatic carbocycles. The van der Waals surface area contributed by atoms with Gasteiger partial charge < -0.3 is 10.3 Å². The van der Waals surface area contributed by atoms with E-state index in [2.05, 4.69) is 15.9 Å². The molecule has 0 fully saturated rings. The van der Waals surface area contributed by atoms with Crippen molar-refractivity contribution < 1.29 is 10.3 Å². The van der Waals surface area contributed by atoms with E-state index >= 15 is 0 Å². The van der Waals surface area contributed by atoms with Crippen molar-refractivity contribution in [2.45, 2.75) is 6.54 Å². The quantitative estimate of drug-likeness (QED) is 0.661. The first kappa shape index (κ1) is 8.52. The van der Waals surface area contributed by atoms with Gasteiger partial charge in [0.05, 0.1) is 4.47 Å². The van der Waals surface area contributed by atoms with Crippen LogP contribution in [-0.2, 0) is 6.54 Å². The first-order valence-corrected chi connectivity index (χ1v) is 3.88. The van der Waals surface area contributed by atoms with Gasteiger partial charge in [0.1, 0.15) is 5.75 Å². The third-order valence-electron chi connectivity index (χ3n) is 1.33. The molecular weight excluding hydrogens is 210 g/mol. The number of aromatic hydroxyl groups is 1. The predicted octanol–water partition coefficient (Wildman–Crippen LogP) is 1.63. The number of nitrogens with one attached hydrogen (secondary N) is 1. The second kappa shape index (κ2) is 3.71. The molecule has 0 atom stereocenters. The summed E-state index contributed by atoms with van der Waals surface area (Å²) < 4.78 is 0.613. The normalized spacial score (nSPS) is 10.0. The van der Waals surface area contributed by atoms with Gasteiger partial charge in [-0.3, -0.25) is 0 Å². The molecule has 0 aliphatic rings. The molecule has 1 rings (SSSR count). The Morgan fingerprint density at radius 2 is 2.18 bits per heavy atom. The van der Waals surface area contributed by atoms with Crippen LogP contribution in [-0.4, -0.2) is 10.3 Å². The number of phenolic OH excluding ortho intramolecular Hbond substituents is 1. The standard InChI is InChI=1S/C7H8BrNO2/c8-7-5(4-9-11)2-1-3-6(7)10/h1-3,9-11H,4H2. The van der Waals surface area contributed by atoms with E-state index in [1.165, 1.54) is 0 Å². The minimum atomic E-state index is 0.178. The second-order valence-electron chi connectivity index (χ2n) is 2.09. The molecule has 0 heterocycles. The number of hydrogen-bond donors (Lipinski definition) is 3. The number of hydroxylamine groups is 1. The molecule has 0 unspecified atom stereocenters. The highest BCUT2D eigenvalue weighted by Gasteiger charge is 2.02. The molecular formula is C7H8BrNO2. The molecule has 0 radical (unpaired) electrons. The van der Waals surface area contributed by atoms with Crippen LogP contribution in [0.5, 0.6) is 5.75 Å². The van der Waals surface area contributed by atoms with Crippen LogP contribution < -0.4 is 5.48 Å². The van der Waals surface area contributed by atoms with Crippen molar-refractivity contribution in [3.8, 4) is 5.75 Å². The van der Waals surface area contributed by atoms with Crippen molar-refractivity contribution in [3.63, 3.8) is 0 Å². The Labute approximate surface area is 72.8 Å². The number of rotatable bonds is 2. The Kier molecular flexibility index (Phi) is 2.87. The molecule has 3 N–H and O–H groups in total. The third-order valence-corrected chi connectivity index (χ3v) is 2.24. The van der Waals surface area contributed by atoms with E-state index in [9.17, 15) is 5.11 Å². The first-order valence-electron chi connectivity index (χ1n) is 3.09. The predicted molar refractivity (Wildman–Crippen MR) is 44.4 cm³/mol. The minimum absolute atomic E-state index is 0.178. The summed E-state index contributed by atoms with van der Waals surface area (Å²) >= 11 is 3.18. The molecule has 0 bridgehead atoms. The molecule has 4 heteroatoms. The van der Waals surface area contributed by atoms with E-state index in [1.807, 2.05) is 5.48 Å². The van der Waals surface area contributed by atoms with Gasteiger partial charge in [-0.2, -0.15) is 0 Å². The lowest BCUT2D eigenvalue weighted by molar-refractivity contribution is 0.161. The summed E-state index contributed by atoms with van der Waals surface area (Å²) in [6.07, 6.45) is 0. The van der Waals surface area contributed by atoms with Crippen molar-refractivity contribution in [1.82, 2.24) is 5.48 Å². The van der Waals surface area contributed by atoms with Gasteiger partial charge in [-0.25, -0.2) is 5.48 Å². The zero-order chi connectivity index (χ0) is 8.27. The zero-order valence-corrected chi connectivity index (χ0v) is 7.30. The van der Waals surface area contributed by atoms with Crippen LogP contribution in [0.2, 0.25) is 0 Å². The van der Waals surface area contributed by atoms with E-state index in [0.717, 1.165) is 5.56 Å². The second-order valence-corrected chi connectivity index (χ2v) is 2.88. The lowest BCUT2D eigenvalue weighted by atomic mass is 10.2. The number of phenols is 1. The van der Waals surface area contributed by atoms with Gasteiger partial charge in [0, 0.05) is 6.54 Å². The smallest absolute Gasteiger partial charge is 0.130 e. The largest absolute Gasteiger partial charge is 0.507 e. The maximum Gasteiger partial charge on any atom is 0.130 e. The fourth-order valence-electron chi connectivity index (χ4n) is 0.788. The van der Waals surface area contributed by atoms with Crippen molar-refractivity contribution in [2.75, 3.05) is 0 Å². The van der Waals surface area contributed by atoms with Gasteiger partial charge in [0.15, 0.2) is 0 Å². The van der Waals surface area contributed by atoms with Gasteiger partial charge >= 0.3 is 0 Å². The van der Waals surface area contributed by atoms with Crippen LogP contribution in [0.25, 0.3) is 0 Å². The molecule has 0 aromatic heterocycles. The summed E-state index contributed by atoms with van der Waals surface area (Å²) in [6, 6.07) is 5.09. The van der Waals surface area contributed by atoms with E-state index in [-0.39, 0.29) is 5.75 Å². The van der Waals surface area contributed by atoms with Crippen LogP contribution in [0.4, 0.5) is 0 Å². The maximum atomic E-state index is 9.17. The van der Waals surface area contributed by atoms with Crippen LogP contribution in [0.1, 0.15) is 5.56 Å². The molecule has 1 aromatic rings. The molecule has 3 nitrogen and oxygen atoms in total. The summed E-state index contributed by atoms with van der Waals surface area (Å²) in [5, 5.41) is 17.6. The summed E-state index contributed by atoms with van der Waals surface area (Å²) in [6.45, 7) is 0.314. The van der Waals surface area contributed by atoms with Gasteiger partial charge in [0.25, 0.3) is 0 Å². The highest BCUT2D eigenvalue weighted by molar-refractivity contribution is 9.10. The Bertz CT molecular complexity index is 252. The highest BCUT2D eigenvalue weighted by Crippen LogP contribution is 2.26. The van der Waals surface area contributed by atoms with Crippen LogP contribution in [0.3, 0.4) is 0 Å². The lowest BCUT2D eigenvalue weighted by Crippen LogP contribution is -2.06. The van der Waals surface area contributed by atoms with Crippen LogP contribution in [0, 0.1) is 0 Å². The number of hydrogen-bond acceptors (Lipinski definition) is 3. The van der Waals surface area contributed by atoms with E-state index in [1.54, 1.807) is 18.2 Å². The van der Waals surface area contributed by atoms with E-state index in [0.29, 0.717) is 11.0 Å². The SMILES string of the molecule is ONCc1cccc(O)c1Br. The van der Waals surface area contributed by atoms with Crippen molar-refractivity contribution in [1.29, 1.82) is 0 Å². The topological polar surface area (TPSA) is 52.5 Å². The fourth-order valence-corrected chi connectivity index (χ4v) is 1.19. The Balaban J connectivity index is 2.96. The van der Waals surface area contributed by atoms with Crippen molar-refractivity contribution in [3.05, 3.63) is 28.2 Å². The monoisotopic (exact) mass is 217 g/mol. The summed E-state index contributed by atoms with van der Waals surface area (Å²) in [4.78, 5) is 0. The zero-order valence-electron chi connectivity index (χ0n) is 5.71.